The van der Waals surface area contributed by atoms with E-state index in [1.807, 2.05) is 0 Å². The largest absolute Gasteiger partial charge is 0.574 e. The van der Waals surface area contributed by atoms with Crippen molar-refractivity contribution in [1.29, 1.82) is 0 Å². The van der Waals surface area contributed by atoms with Crippen LogP contribution in [-0.2, 0) is 0 Å². The van der Waals surface area contributed by atoms with Gasteiger partial charge < -0.3 is 10.1 Å². The minimum Gasteiger partial charge on any atom is -0.386 e. The number of aromatic nitrogens is 2. The maximum Gasteiger partial charge on any atom is 0.574 e. The third-order valence-electron chi connectivity index (χ3n) is 1.40. The molecule has 1 N–H and O–H groups in total. The number of alkyl halides is 3. The fourth-order valence-electron chi connectivity index (χ4n) is 0.820. The van der Waals surface area contributed by atoms with E-state index in [4.69, 9.17) is 23.2 Å². The number of hydrogen-bond acceptors (Lipinski definition) is 4. The van der Waals surface area contributed by atoms with Crippen LogP contribution in [0.2, 0.25) is 10.2 Å². The Labute approximate surface area is 104 Å². The summed E-state index contributed by atoms with van der Waals surface area (Å²) < 4.78 is 39.6. The molecule has 0 atom stereocenters. The van der Waals surface area contributed by atoms with E-state index < -0.39 is 17.3 Å². The van der Waals surface area contributed by atoms with Gasteiger partial charge in [0.2, 0.25) is 11.8 Å². The molecule has 9 heteroatoms. The van der Waals surface area contributed by atoms with Crippen molar-refractivity contribution in [2.75, 3.05) is 11.9 Å². The van der Waals surface area contributed by atoms with Crippen molar-refractivity contribution in [2.45, 2.75) is 6.36 Å². The molecule has 0 spiro atoms. The monoisotopic (exact) mass is 287 g/mol. The van der Waals surface area contributed by atoms with Gasteiger partial charge in [-0.3, -0.25) is 0 Å². The molecule has 0 aliphatic rings. The molecule has 0 aliphatic heterocycles. The maximum atomic E-state index is 12.0. The smallest absolute Gasteiger partial charge is 0.386 e. The first-order valence-corrected chi connectivity index (χ1v) is 4.92. The molecule has 0 aliphatic carbocycles. The second-order valence-corrected chi connectivity index (χ2v) is 3.41. The predicted molar refractivity (Wildman–Crippen MR) is 57.4 cm³/mol. The Bertz CT molecular complexity index is 425. The Balaban J connectivity index is 3.02. The van der Waals surface area contributed by atoms with Gasteiger partial charge in [-0.2, -0.15) is 9.97 Å². The molecular formula is C8H6Cl2F3N3O. The van der Waals surface area contributed by atoms with Crippen molar-refractivity contribution in [3.63, 3.8) is 0 Å². The van der Waals surface area contributed by atoms with Gasteiger partial charge in [0.25, 0.3) is 0 Å². The van der Waals surface area contributed by atoms with E-state index in [9.17, 15) is 13.2 Å². The summed E-state index contributed by atoms with van der Waals surface area (Å²) >= 11 is 11.0. The van der Waals surface area contributed by atoms with E-state index in [1.54, 1.807) is 0 Å². The molecule has 0 saturated heterocycles. The van der Waals surface area contributed by atoms with Gasteiger partial charge in [-0.15, -0.1) is 19.8 Å². The van der Waals surface area contributed by atoms with Crippen LogP contribution in [0.25, 0.3) is 0 Å². The van der Waals surface area contributed by atoms with Gasteiger partial charge in [-0.1, -0.05) is 29.3 Å². The predicted octanol–water partition coefficient (Wildman–Crippen LogP) is 3.28. The second-order valence-electron chi connectivity index (χ2n) is 2.67. The van der Waals surface area contributed by atoms with E-state index in [1.165, 1.54) is 6.08 Å². The lowest BCUT2D eigenvalue weighted by Gasteiger charge is -2.11. The van der Waals surface area contributed by atoms with Crippen LogP contribution in [-0.4, -0.2) is 22.9 Å². The second kappa shape index (κ2) is 5.42. The van der Waals surface area contributed by atoms with E-state index in [0.29, 0.717) is 0 Å². The van der Waals surface area contributed by atoms with Gasteiger partial charge in [-0.05, 0) is 0 Å². The highest BCUT2D eigenvalue weighted by Gasteiger charge is 2.33. The van der Waals surface area contributed by atoms with Crippen molar-refractivity contribution >= 4 is 29.2 Å². The minimum atomic E-state index is -4.91. The number of nitrogens with zero attached hydrogens (tertiary/aromatic N) is 2. The average molecular weight is 288 g/mol. The highest BCUT2D eigenvalue weighted by atomic mass is 35.5. The first kappa shape index (κ1) is 13.9. The Morgan fingerprint density at radius 3 is 2.53 bits per heavy atom. The van der Waals surface area contributed by atoms with Gasteiger partial charge in [-0.25, -0.2) is 0 Å². The number of anilines is 1. The van der Waals surface area contributed by atoms with Crippen molar-refractivity contribution in [1.82, 2.24) is 9.97 Å². The zero-order valence-electron chi connectivity index (χ0n) is 8.18. The molecule has 0 unspecified atom stereocenters. The fraction of sp³-hybridized carbons (Fsp3) is 0.250. The number of halogens is 5. The Hall–Kier alpha value is -1.21. The van der Waals surface area contributed by atoms with Gasteiger partial charge in [0.1, 0.15) is 5.02 Å². The third kappa shape index (κ3) is 4.27. The van der Waals surface area contributed by atoms with E-state index >= 15 is 0 Å². The SMILES string of the molecule is C=CCNc1nc(Cl)c(Cl)c(OC(F)(F)F)n1. The molecule has 0 bridgehead atoms. The summed E-state index contributed by atoms with van der Waals surface area (Å²) in [6.45, 7) is 3.66. The van der Waals surface area contributed by atoms with Crippen LogP contribution in [0.1, 0.15) is 0 Å². The van der Waals surface area contributed by atoms with Gasteiger partial charge in [0, 0.05) is 6.54 Å². The molecular weight excluding hydrogens is 282 g/mol. The first-order valence-electron chi connectivity index (χ1n) is 4.17. The molecule has 0 amide bonds. The normalized spacial score (nSPS) is 11.1. The topological polar surface area (TPSA) is 47.0 Å². The van der Waals surface area contributed by atoms with Crippen LogP contribution >= 0.6 is 23.2 Å². The molecule has 94 valence electrons. The molecule has 1 heterocycles. The lowest BCUT2D eigenvalue weighted by Crippen LogP contribution is -2.19. The van der Waals surface area contributed by atoms with Crippen LogP contribution in [0.15, 0.2) is 12.7 Å². The van der Waals surface area contributed by atoms with E-state index in [0.717, 1.165) is 0 Å². The molecule has 1 aromatic rings. The number of rotatable bonds is 4. The van der Waals surface area contributed by atoms with Crippen molar-refractivity contribution < 1.29 is 17.9 Å². The average Bonchev–Trinajstić information content (AvgIpc) is 2.20. The lowest BCUT2D eigenvalue weighted by molar-refractivity contribution is -0.276. The molecule has 17 heavy (non-hydrogen) atoms. The summed E-state index contributed by atoms with van der Waals surface area (Å²) in [6, 6.07) is 0. The minimum absolute atomic E-state index is 0.140. The quantitative estimate of drug-likeness (QED) is 0.682. The molecule has 1 aromatic heterocycles. The molecule has 0 radical (unpaired) electrons. The maximum absolute atomic E-state index is 12.0. The van der Waals surface area contributed by atoms with Crippen LogP contribution in [0.5, 0.6) is 5.88 Å². The lowest BCUT2D eigenvalue weighted by atomic mass is 10.6. The summed E-state index contributed by atoms with van der Waals surface area (Å²) in [6.07, 6.45) is -3.44. The fourth-order valence-corrected chi connectivity index (χ4v) is 1.10. The molecule has 0 saturated carbocycles. The van der Waals surface area contributed by atoms with Crippen molar-refractivity contribution in [2.24, 2.45) is 0 Å². The molecule has 0 fully saturated rings. The summed E-state index contributed by atoms with van der Waals surface area (Å²) in [5.41, 5.74) is 0. The standard InChI is InChI=1S/C8H6Cl2F3N3O/c1-2-3-14-7-15-5(10)4(9)6(16-7)17-8(11,12)13/h2H,1,3H2,(H,14,15,16). The van der Waals surface area contributed by atoms with Crippen LogP contribution < -0.4 is 10.1 Å². The van der Waals surface area contributed by atoms with Crippen molar-refractivity contribution in [3.05, 3.63) is 22.8 Å². The summed E-state index contributed by atoms with van der Waals surface area (Å²) in [5, 5.41) is 1.71. The summed E-state index contributed by atoms with van der Waals surface area (Å²) in [7, 11) is 0. The zero-order chi connectivity index (χ0) is 13.1. The van der Waals surface area contributed by atoms with Gasteiger partial charge in [0.05, 0.1) is 0 Å². The van der Waals surface area contributed by atoms with Gasteiger partial charge in [0.15, 0.2) is 5.15 Å². The van der Waals surface area contributed by atoms with Crippen LogP contribution in [0.3, 0.4) is 0 Å². The van der Waals surface area contributed by atoms with Crippen LogP contribution in [0.4, 0.5) is 19.1 Å². The highest BCUT2D eigenvalue weighted by Crippen LogP contribution is 2.33. The van der Waals surface area contributed by atoms with E-state index in [-0.39, 0.29) is 17.6 Å². The third-order valence-corrected chi connectivity index (χ3v) is 2.11. The summed E-state index contributed by atoms with van der Waals surface area (Å²) in [4.78, 5) is 7.04. The Morgan fingerprint density at radius 1 is 1.35 bits per heavy atom. The molecule has 1 rings (SSSR count). The van der Waals surface area contributed by atoms with E-state index in [2.05, 4.69) is 26.6 Å². The first-order chi connectivity index (χ1) is 7.83. The molecule has 4 nitrogen and oxygen atoms in total. The zero-order valence-corrected chi connectivity index (χ0v) is 9.70. The Kier molecular flexibility index (Phi) is 4.41. The number of hydrogen-bond donors (Lipinski definition) is 1. The van der Waals surface area contributed by atoms with Crippen molar-refractivity contribution in [3.8, 4) is 5.88 Å². The van der Waals surface area contributed by atoms with Gasteiger partial charge >= 0.3 is 6.36 Å². The number of nitrogens with one attached hydrogen (secondary N) is 1. The highest BCUT2D eigenvalue weighted by molar-refractivity contribution is 6.42. The Morgan fingerprint density at radius 2 is 2.00 bits per heavy atom. The van der Waals surface area contributed by atoms with Crippen LogP contribution in [0, 0.1) is 0 Å². The summed E-state index contributed by atoms with van der Waals surface area (Å²) in [5.74, 6) is -0.996. The molecule has 0 aromatic carbocycles. The number of ether oxygens (including phenoxy) is 1.